The van der Waals surface area contributed by atoms with Crippen LogP contribution < -0.4 is 15.4 Å². The van der Waals surface area contributed by atoms with E-state index in [9.17, 15) is 19.5 Å². The van der Waals surface area contributed by atoms with Crippen molar-refractivity contribution in [2.45, 2.75) is 32.2 Å². The number of carboxylic acid groups (broad SMARTS) is 1. The van der Waals surface area contributed by atoms with Gasteiger partial charge in [0.05, 0.1) is 24.4 Å². The zero-order chi connectivity index (χ0) is 26.8. The fourth-order valence-corrected chi connectivity index (χ4v) is 4.89. The first kappa shape index (κ1) is 25.0. The molecule has 192 valence electrons. The number of carbonyl (C=O) groups is 2. The van der Waals surface area contributed by atoms with Gasteiger partial charge in [0, 0.05) is 35.3 Å². The van der Waals surface area contributed by atoms with Crippen molar-refractivity contribution in [3.63, 3.8) is 0 Å². The highest BCUT2D eigenvalue weighted by atomic mass is 16.5. The normalized spacial score (nSPS) is 14.9. The van der Waals surface area contributed by atoms with Crippen molar-refractivity contribution in [3.05, 3.63) is 99.8 Å². The number of aryl methyl sites for hydroxylation is 1. The van der Waals surface area contributed by atoms with Gasteiger partial charge in [-0.05, 0) is 48.7 Å². The Morgan fingerprint density at radius 3 is 2.45 bits per heavy atom. The second kappa shape index (κ2) is 10.3. The first-order valence-corrected chi connectivity index (χ1v) is 12.3. The maximum atomic E-state index is 13.6. The lowest BCUT2D eigenvalue weighted by atomic mass is 9.90. The number of nitrogens with zero attached hydrogens (tertiary/aromatic N) is 2. The summed E-state index contributed by atoms with van der Waals surface area (Å²) in [6, 6.07) is 22.2. The molecule has 8 nitrogen and oxygen atoms in total. The molecular weight excluding hydrogens is 482 g/mol. The molecule has 0 unspecified atom stereocenters. The van der Waals surface area contributed by atoms with Gasteiger partial charge in [0.1, 0.15) is 5.75 Å². The van der Waals surface area contributed by atoms with Gasteiger partial charge in [-0.3, -0.25) is 9.59 Å². The zero-order valence-electron chi connectivity index (χ0n) is 21.1. The number of hydrogen-bond donors (Lipinski definition) is 1. The molecular formula is C30H26N3O5-. The van der Waals surface area contributed by atoms with Crippen LogP contribution in [0.3, 0.4) is 0 Å². The maximum absolute atomic E-state index is 13.6. The smallest absolute Gasteiger partial charge is 0.258 e. The number of rotatable bonds is 7. The molecule has 1 aliphatic rings. The first-order valence-electron chi connectivity index (χ1n) is 12.3. The molecule has 0 bridgehead atoms. The van der Waals surface area contributed by atoms with Crippen LogP contribution in [0, 0.1) is 6.92 Å². The maximum Gasteiger partial charge on any atom is 0.258 e. The molecule has 1 aliphatic heterocycles. The van der Waals surface area contributed by atoms with Gasteiger partial charge in [0.15, 0.2) is 0 Å². The summed E-state index contributed by atoms with van der Waals surface area (Å²) in [5.74, 6) is -1.11. The van der Waals surface area contributed by atoms with Crippen molar-refractivity contribution in [2.75, 3.05) is 7.11 Å². The first-order chi connectivity index (χ1) is 18.4. The van der Waals surface area contributed by atoms with Gasteiger partial charge in [0.2, 0.25) is 5.91 Å². The fourth-order valence-electron chi connectivity index (χ4n) is 4.89. The second-order valence-corrected chi connectivity index (χ2v) is 9.27. The largest absolute Gasteiger partial charge is 0.550 e. The Balaban J connectivity index is 1.68. The number of benzene rings is 3. The van der Waals surface area contributed by atoms with E-state index in [4.69, 9.17) is 4.74 Å². The fraction of sp³-hybridized carbons (Fsp3) is 0.200. The van der Waals surface area contributed by atoms with Crippen LogP contribution in [0.15, 0.2) is 82.7 Å². The molecule has 0 saturated heterocycles. The lowest BCUT2D eigenvalue weighted by Crippen LogP contribution is -2.29. The van der Waals surface area contributed by atoms with E-state index >= 15 is 0 Å². The second-order valence-electron chi connectivity index (χ2n) is 9.27. The Bertz CT molecular complexity index is 1610. The highest BCUT2D eigenvalue weighted by Crippen LogP contribution is 2.37. The number of carbonyl (C=O) groups excluding carboxylic acids is 2. The third kappa shape index (κ3) is 4.80. The average molecular weight is 509 g/mol. The highest BCUT2D eigenvalue weighted by Gasteiger charge is 2.35. The van der Waals surface area contributed by atoms with Crippen molar-refractivity contribution in [1.82, 2.24) is 9.99 Å². The molecule has 1 amide bonds. The molecule has 3 aromatic carbocycles. The standard InChI is InChI=1S/C30H27N3O5/c1-18-8-13-23-22(16-18)28(20-6-4-3-5-7-20)29(30(37)31-23)24-17-25(19-9-11-21(38-2)12-10-19)33(32-24)26(34)14-15-27(35)36/h3-13,16,25H,14-15,17H2,1-2H3,(H,31,37)(H,35,36)/p-1/t25-/m1/s1. The number of H-pyrrole nitrogens is 1. The Morgan fingerprint density at radius 1 is 1.03 bits per heavy atom. The summed E-state index contributed by atoms with van der Waals surface area (Å²) in [6.45, 7) is 1.99. The molecule has 5 rings (SSSR count). The Hall–Kier alpha value is -4.72. The van der Waals surface area contributed by atoms with E-state index in [1.165, 1.54) is 5.01 Å². The third-order valence-electron chi connectivity index (χ3n) is 6.73. The Labute approximate surface area is 219 Å². The summed E-state index contributed by atoms with van der Waals surface area (Å²) >= 11 is 0. The number of ether oxygens (including phenoxy) is 1. The lowest BCUT2D eigenvalue weighted by Gasteiger charge is -2.22. The van der Waals surface area contributed by atoms with Gasteiger partial charge in [-0.25, -0.2) is 5.01 Å². The van der Waals surface area contributed by atoms with Crippen molar-refractivity contribution in [2.24, 2.45) is 5.10 Å². The van der Waals surface area contributed by atoms with Crippen molar-refractivity contribution in [3.8, 4) is 16.9 Å². The predicted molar refractivity (Wildman–Crippen MR) is 143 cm³/mol. The topological polar surface area (TPSA) is 115 Å². The molecule has 4 aromatic rings. The Morgan fingerprint density at radius 2 is 1.76 bits per heavy atom. The molecule has 2 heterocycles. The number of nitrogens with one attached hydrogen (secondary N) is 1. The molecule has 0 spiro atoms. The summed E-state index contributed by atoms with van der Waals surface area (Å²) < 4.78 is 5.27. The van der Waals surface area contributed by atoms with Crippen LogP contribution in [0.4, 0.5) is 0 Å². The lowest BCUT2D eigenvalue weighted by molar-refractivity contribution is -0.305. The number of fused-ring (bicyclic) bond motifs is 1. The van der Waals surface area contributed by atoms with Crippen molar-refractivity contribution >= 4 is 28.5 Å². The van der Waals surface area contributed by atoms with E-state index in [2.05, 4.69) is 10.1 Å². The van der Waals surface area contributed by atoms with Crippen LogP contribution in [0.2, 0.25) is 0 Å². The molecule has 8 heteroatoms. The SMILES string of the molecule is COc1ccc([C@H]2CC(c3c(-c4ccccc4)c4cc(C)ccc4[nH]c3=O)=NN2C(=O)CCC(=O)[O-])cc1. The summed E-state index contributed by atoms with van der Waals surface area (Å²) in [6.07, 6.45) is -0.394. The molecule has 0 saturated carbocycles. The molecule has 0 fully saturated rings. The number of pyridine rings is 1. The number of methoxy groups -OCH3 is 1. The van der Waals surface area contributed by atoms with E-state index in [0.717, 1.165) is 27.6 Å². The molecule has 0 radical (unpaired) electrons. The summed E-state index contributed by atoms with van der Waals surface area (Å²) in [4.78, 5) is 40.8. The predicted octanol–water partition coefficient (Wildman–Crippen LogP) is 3.72. The highest BCUT2D eigenvalue weighted by molar-refractivity contribution is 6.13. The van der Waals surface area contributed by atoms with Crippen LogP contribution in [0.5, 0.6) is 5.75 Å². The molecule has 1 atom stereocenters. The molecule has 0 aliphatic carbocycles. The van der Waals surface area contributed by atoms with Gasteiger partial charge in [-0.1, -0.05) is 54.1 Å². The minimum Gasteiger partial charge on any atom is -0.550 e. The third-order valence-corrected chi connectivity index (χ3v) is 6.73. The number of hydrogen-bond acceptors (Lipinski definition) is 6. The summed E-state index contributed by atoms with van der Waals surface area (Å²) in [5.41, 5.74) is 4.67. The number of carboxylic acids is 1. The van der Waals surface area contributed by atoms with Crippen molar-refractivity contribution in [1.29, 1.82) is 0 Å². The van der Waals surface area contributed by atoms with E-state index in [-0.39, 0.29) is 18.4 Å². The zero-order valence-corrected chi connectivity index (χ0v) is 21.1. The number of hydrazone groups is 1. The van der Waals surface area contributed by atoms with E-state index < -0.39 is 24.3 Å². The number of aliphatic carboxylic acids is 1. The quantitative estimate of drug-likeness (QED) is 0.409. The average Bonchev–Trinajstić information content (AvgIpc) is 3.37. The van der Waals surface area contributed by atoms with Gasteiger partial charge in [0.25, 0.3) is 5.56 Å². The summed E-state index contributed by atoms with van der Waals surface area (Å²) in [5, 5.41) is 17.9. The minimum atomic E-state index is -1.31. The van der Waals surface area contributed by atoms with Gasteiger partial charge >= 0.3 is 0 Å². The van der Waals surface area contributed by atoms with Crippen LogP contribution in [-0.2, 0) is 9.59 Å². The Kier molecular flexibility index (Phi) is 6.79. The van der Waals surface area contributed by atoms with Crippen LogP contribution >= 0.6 is 0 Å². The number of amides is 1. The molecule has 1 N–H and O–H groups in total. The van der Waals surface area contributed by atoms with E-state index in [0.29, 0.717) is 22.5 Å². The van der Waals surface area contributed by atoms with Crippen molar-refractivity contribution < 1.29 is 19.4 Å². The molecule has 38 heavy (non-hydrogen) atoms. The van der Waals surface area contributed by atoms with Gasteiger partial charge in [-0.15, -0.1) is 0 Å². The van der Waals surface area contributed by atoms with E-state index in [1.54, 1.807) is 19.2 Å². The summed E-state index contributed by atoms with van der Waals surface area (Å²) in [7, 11) is 1.57. The van der Waals surface area contributed by atoms with E-state index in [1.807, 2.05) is 67.6 Å². The van der Waals surface area contributed by atoms with Gasteiger partial charge in [-0.2, -0.15) is 5.10 Å². The number of aromatic nitrogens is 1. The molecule has 1 aromatic heterocycles. The van der Waals surface area contributed by atoms with Gasteiger partial charge < -0.3 is 19.6 Å². The monoisotopic (exact) mass is 508 g/mol. The van der Waals surface area contributed by atoms with Crippen LogP contribution in [0.25, 0.3) is 22.0 Å². The van der Waals surface area contributed by atoms with Crippen LogP contribution in [0.1, 0.15) is 42.0 Å². The number of aromatic amines is 1. The van der Waals surface area contributed by atoms with Crippen LogP contribution in [-0.4, -0.2) is 34.7 Å². The minimum absolute atomic E-state index is 0.259.